The van der Waals surface area contributed by atoms with E-state index in [9.17, 15) is 9.59 Å². The van der Waals surface area contributed by atoms with Crippen molar-refractivity contribution in [2.45, 2.75) is 11.3 Å². The second kappa shape index (κ2) is 6.95. The van der Waals surface area contributed by atoms with Crippen LogP contribution in [0, 0.1) is 0 Å². The van der Waals surface area contributed by atoms with E-state index in [0.29, 0.717) is 15.6 Å². The Labute approximate surface area is 148 Å². The molecule has 2 atom stereocenters. The Bertz CT molecular complexity index is 731. The summed E-state index contributed by atoms with van der Waals surface area (Å²) in [5.74, 6) is 0.176. The molecular formula is C17H13Cl2NO2S. The Balaban J connectivity index is 1.91. The summed E-state index contributed by atoms with van der Waals surface area (Å²) in [4.78, 5) is 24.6. The first-order valence-electron chi connectivity index (χ1n) is 7.01. The molecule has 1 N–H and O–H groups in total. The van der Waals surface area contributed by atoms with Crippen molar-refractivity contribution in [3.8, 4) is 0 Å². The van der Waals surface area contributed by atoms with Crippen molar-refractivity contribution in [2.24, 2.45) is 0 Å². The lowest BCUT2D eigenvalue weighted by atomic mass is 9.97. The summed E-state index contributed by atoms with van der Waals surface area (Å²) >= 11 is 13.1. The maximum absolute atomic E-state index is 12.8. The molecule has 1 aliphatic heterocycles. The second-order valence-corrected chi connectivity index (χ2v) is 7.20. The number of ketones is 1. The van der Waals surface area contributed by atoms with E-state index in [-0.39, 0.29) is 28.7 Å². The van der Waals surface area contributed by atoms with Crippen molar-refractivity contribution in [1.82, 2.24) is 5.32 Å². The van der Waals surface area contributed by atoms with Crippen LogP contribution in [0.25, 0.3) is 0 Å². The van der Waals surface area contributed by atoms with Gasteiger partial charge in [0.05, 0.1) is 17.0 Å². The number of carbonyl (C=O) groups is 2. The van der Waals surface area contributed by atoms with E-state index in [0.717, 1.165) is 5.56 Å². The summed E-state index contributed by atoms with van der Waals surface area (Å²) in [5.41, 5.74) is 1.45. The number of hydrogen-bond donors (Lipinski definition) is 1. The summed E-state index contributed by atoms with van der Waals surface area (Å²) in [6.45, 7) is 0. The van der Waals surface area contributed by atoms with Crippen LogP contribution in [-0.4, -0.2) is 22.7 Å². The molecule has 0 unspecified atom stereocenters. The van der Waals surface area contributed by atoms with Gasteiger partial charge in [0.1, 0.15) is 0 Å². The summed E-state index contributed by atoms with van der Waals surface area (Å²) in [6.07, 6.45) is 0. The highest BCUT2D eigenvalue weighted by Gasteiger charge is 2.35. The first-order chi connectivity index (χ1) is 11.0. The molecule has 2 aromatic rings. The molecule has 0 saturated carbocycles. The summed E-state index contributed by atoms with van der Waals surface area (Å²) < 4.78 is 0. The fourth-order valence-corrected chi connectivity index (χ4v) is 3.86. The van der Waals surface area contributed by atoms with Crippen molar-refractivity contribution in [1.29, 1.82) is 0 Å². The number of nitrogens with one attached hydrogen (secondary N) is 1. The predicted octanol–water partition coefficient (Wildman–Crippen LogP) is 4.15. The largest absolute Gasteiger partial charge is 0.347 e. The van der Waals surface area contributed by atoms with Gasteiger partial charge in [0.25, 0.3) is 0 Å². The Morgan fingerprint density at radius 3 is 2.17 bits per heavy atom. The molecule has 0 radical (unpaired) electrons. The lowest BCUT2D eigenvalue weighted by Crippen LogP contribution is -2.44. The van der Waals surface area contributed by atoms with Gasteiger partial charge in [-0.05, 0) is 42.0 Å². The van der Waals surface area contributed by atoms with E-state index in [1.165, 1.54) is 11.8 Å². The van der Waals surface area contributed by atoms with Gasteiger partial charge in [0, 0.05) is 15.6 Å². The molecule has 1 amide bonds. The van der Waals surface area contributed by atoms with Crippen LogP contribution in [0.1, 0.15) is 22.0 Å². The van der Waals surface area contributed by atoms with Crippen LogP contribution in [0.3, 0.4) is 0 Å². The lowest BCUT2D eigenvalue weighted by Gasteiger charge is -2.31. The average Bonchev–Trinajstić information content (AvgIpc) is 2.55. The highest BCUT2D eigenvalue weighted by atomic mass is 35.5. The van der Waals surface area contributed by atoms with Crippen LogP contribution in [0.4, 0.5) is 0 Å². The summed E-state index contributed by atoms with van der Waals surface area (Å²) in [6, 6.07) is 13.6. The summed E-state index contributed by atoms with van der Waals surface area (Å²) in [5, 5.41) is 3.73. The number of benzene rings is 2. The smallest absolute Gasteiger partial charge is 0.230 e. The Morgan fingerprint density at radius 2 is 1.57 bits per heavy atom. The van der Waals surface area contributed by atoms with Crippen LogP contribution >= 0.6 is 35.0 Å². The Hall–Kier alpha value is -1.49. The quantitative estimate of drug-likeness (QED) is 0.831. The molecule has 0 spiro atoms. The fraction of sp³-hybridized carbons (Fsp3) is 0.176. The van der Waals surface area contributed by atoms with Gasteiger partial charge in [-0.3, -0.25) is 9.59 Å². The van der Waals surface area contributed by atoms with E-state index >= 15 is 0 Å². The van der Waals surface area contributed by atoms with Crippen LogP contribution in [0.15, 0.2) is 48.5 Å². The van der Waals surface area contributed by atoms with Crippen molar-refractivity contribution in [2.75, 3.05) is 5.75 Å². The van der Waals surface area contributed by atoms with E-state index in [2.05, 4.69) is 5.32 Å². The molecule has 1 saturated heterocycles. The molecule has 3 rings (SSSR count). The maximum Gasteiger partial charge on any atom is 0.230 e. The normalized spacial score (nSPS) is 20.9. The van der Waals surface area contributed by atoms with E-state index in [1.807, 2.05) is 12.1 Å². The van der Waals surface area contributed by atoms with Crippen LogP contribution in [-0.2, 0) is 4.79 Å². The topological polar surface area (TPSA) is 46.2 Å². The van der Waals surface area contributed by atoms with Crippen molar-refractivity contribution in [3.63, 3.8) is 0 Å². The van der Waals surface area contributed by atoms with Gasteiger partial charge in [-0.2, -0.15) is 0 Å². The number of amides is 1. The molecule has 0 bridgehead atoms. The van der Waals surface area contributed by atoms with Gasteiger partial charge >= 0.3 is 0 Å². The number of carbonyl (C=O) groups excluding carboxylic acids is 2. The van der Waals surface area contributed by atoms with Crippen molar-refractivity contribution >= 4 is 46.7 Å². The maximum atomic E-state index is 12.8. The van der Waals surface area contributed by atoms with E-state index < -0.39 is 0 Å². The van der Waals surface area contributed by atoms with E-state index in [4.69, 9.17) is 23.2 Å². The lowest BCUT2D eigenvalue weighted by molar-refractivity contribution is -0.119. The molecule has 23 heavy (non-hydrogen) atoms. The third kappa shape index (κ3) is 3.71. The highest BCUT2D eigenvalue weighted by Crippen LogP contribution is 2.33. The molecule has 1 fully saturated rings. The molecular weight excluding hydrogens is 353 g/mol. The zero-order chi connectivity index (χ0) is 16.4. The molecule has 118 valence electrons. The Kier molecular flexibility index (Phi) is 4.95. The first-order valence-corrected chi connectivity index (χ1v) is 8.81. The van der Waals surface area contributed by atoms with Crippen molar-refractivity contribution < 1.29 is 9.59 Å². The molecule has 0 aromatic heterocycles. The van der Waals surface area contributed by atoms with Gasteiger partial charge in [0.2, 0.25) is 5.91 Å². The SMILES string of the molecule is O=C1CS[C@H](C(=O)c2ccc(Cl)cc2)[C@@H](c2ccc(Cl)cc2)N1. The number of hydrogen-bond acceptors (Lipinski definition) is 3. The molecule has 2 aromatic carbocycles. The molecule has 1 heterocycles. The number of halogens is 2. The second-order valence-electron chi connectivity index (χ2n) is 5.20. The van der Waals surface area contributed by atoms with Crippen molar-refractivity contribution in [3.05, 3.63) is 69.7 Å². The zero-order valence-electron chi connectivity index (χ0n) is 12.0. The van der Waals surface area contributed by atoms with Gasteiger partial charge < -0.3 is 5.32 Å². The number of rotatable bonds is 3. The highest BCUT2D eigenvalue weighted by molar-refractivity contribution is 8.01. The Morgan fingerprint density at radius 1 is 1.00 bits per heavy atom. The van der Waals surface area contributed by atoms with E-state index in [1.54, 1.807) is 36.4 Å². The molecule has 3 nitrogen and oxygen atoms in total. The molecule has 1 aliphatic rings. The first kappa shape index (κ1) is 16.4. The van der Waals surface area contributed by atoms with Crippen LogP contribution < -0.4 is 5.32 Å². The third-order valence-corrected chi connectivity index (χ3v) is 5.41. The summed E-state index contributed by atoms with van der Waals surface area (Å²) in [7, 11) is 0. The third-order valence-electron chi connectivity index (χ3n) is 3.63. The van der Waals surface area contributed by atoms with Gasteiger partial charge in [-0.25, -0.2) is 0 Å². The minimum atomic E-state index is -0.380. The minimum absolute atomic E-state index is 0.0217. The fourth-order valence-electron chi connectivity index (χ4n) is 2.49. The van der Waals surface area contributed by atoms with Gasteiger partial charge in [-0.1, -0.05) is 35.3 Å². The van der Waals surface area contributed by atoms with Gasteiger partial charge in [-0.15, -0.1) is 11.8 Å². The van der Waals surface area contributed by atoms with Gasteiger partial charge in [0.15, 0.2) is 5.78 Å². The zero-order valence-corrected chi connectivity index (χ0v) is 14.3. The average molecular weight is 366 g/mol. The van der Waals surface area contributed by atoms with Crippen LogP contribution in [0.2, 0.25) is 10.0 Å². The predicted molar refractivity (Wildman–Crippen MR) is 94.4 cm³/mol. The number of Topliss-reactive ketones (excluding diaryl/α,β-unsaturated/α-hetero) is 1. The standard InChI is InChI=1S/C17H13Cl2NO2S/c18-12-5-1-10(2-6-12)15-17(23-9-14(21)20-15)16(22)11-3-7-13(19)8-4-11/h1-8,15,17H,9H2,(H,20,21)/t15-,17+/m1/s1. The monoisotopic (exact) mass is 365 g/mol. The minimum Gasteiger partial charge on any atom is -0.347 e. The molecule has 0 aliphatic carbocycles. The number of thioether (sulfide) groups is 1. The molecule has 6 heteroatoms. The van der Waals surface area contributed by atoms with Crippen LogP contribution in [0.5, 0.6) is 0 Å².